The lowest BCUT2D eigenvalue weighted by Gasteiger charge is -2.13. The second-order valence-corrected chi connectivity index (χ2v) is 5.22. The van der Waals surface area contributed by atoms with Crippen molar-refractivity contribution in [3.63, 3.8) is 0 Å². The Morgan fingerprint density at radius 3 is 2.42 bits per heavy atom. The van der Waals surface area contributed by atoms with Crippen LogP contribution in [0.2, 0.25) is 0 Å². The van der Waals surface area contributed by atoms with Gasteiger partial charge < -0.3 is 14.6 Å². The van der Waals surface area contributed by atoms with Crippen molar-refractivity contribution in [1.29, 1.82) is 0 Å². The molecule has 0 atom stereocenters. The molecule has 0 saturated carbocycles. The Morgan fingerprint density at radius 1 is 1.12 bits per heavy atom. The molecule has 1 N–H and O–H groups in total. The van der Waals surface area contributed by atoms with E-state index >= 15 is 0 Å². The normalized spacial score (nSPS) is 11.2. The first kappa shape index (κ1) is 17.5. The van der Waals surface area contributed by atoms with Crippen LogP contribution in [-0.2, 0) is 0 Å². The number of carbonyl (C=O) groups excluding carboxylic acids is 1. The monoisotopic (exact) mass is 363 g/mol. The van der Waals surface area contributed by atoms with Gasteiger partial charge in [-0.3, -0.25) is 4.79 Å². The summed E-state index contributed by atoms with van der Waals surface area (Å²) in [6.07, 6.45) is -4.86. The van der Waals surface area contributed by atoms with Crippen LogP contribution in [0.25, 0.3) is 11.5 Å². The molecule has 0 aliphatic rings. The number of carbonyl (C=O) groups is 1. The number of nitrogens with one attached hydrogen (secondary N) is 1. The molecule has 0 aliphatic carbocycles. The summed E-state index contributed by atoms with van der Waals surface area (Å²) in [7, 11) is 0. The molecule has 0 unspecified atom stereocenters. The number of alkyl halides is 3. The minimum absolute atomic E-state index is 0.0913. The molecule has 9 heteroatoms. The van der Waals surface area contributed by atoms with Gasteiger partial charge in [0.25, 0.3) is 11.8 Å². The van der Waals surface area contributed by atoms with Crippen molar-refractivity contribution in [2.75, 3.05) is 5.32 Å². The lowest BCUT2D eigenvalue weighted by atomic mass is 10.1. The Morgan fingerprint density at radius 2 is 1.81 bits per heavy atom. The van der Waals surface area contributed by atoms with Crippen LogP contribution in [0.3, 0.4) is 0 Å². The zero-order valence-corrected chi connectivity index (χ0v) is 13.4. The van der Waals surface area contributed by atoms with Gasteiger partial charge in [-0.05, 0) is 43.3 Å². The Kier molecular flexibility index (Phi) is 4.61. The summed E-state index contributed by atoms with van der Waals surface area (Å²) in [6.45, 7) is 1.68. The van der Waals surface area contributed by atoms with E-state index in [0.29, 0.717) is 17.3 Å². The van der Waals surface area contributed by atoms with Gasteiger partial charge in [0.15, 0.2) is 11.6 Å². The molecule has 0 spiro atoms. The summed E-state index contributed by atoms with van der Waals surface area (Å²) in [5.74, 6) is -0.302. The van der Waals surface area contributed by atoms with Crippen LogP contribution in [0.5, 0.6) is 5.75 Å². The predicted octanol–water partition coefficient (Wildman–Crippen LogP) is 4.20. The first-order valence-corrected chi connectivity index (χ1v) is 7.39. The molecule has 26 heavy (non-hydrogen) atoms. The fraction of sp³-hybridized carbons (Fsp3) is 0.118. The van der Waals surface area contributed by atoms with Gasteiger partial charge in [0.1, 0.15) is 0 Å². The van der Waals surface area contributed by atoms with E-state index in [0.717, 1.165) is 6.07 Å². The van der Waals surface area contributed by atoms with Crippen molar-refractivity contribution >= 4 is 11.6 Å². The van der Waals surface area contributed by atoms with Crippen molar-refractivity contribution < 1.29 is 27.2 Å². The van der Waals surface area contributed by atoms with Gasteiger partial charge in [-0.25, -0.2) is 0 Å². The maximum atomic E-state index is 12.4. The molecule has 2 aromatic carbocycles. The molecular formula is C17H12F3N3O3. The fourth-order valence-electron chi connectivity index (χ4n) is 2.16. The molecule has 1 heterocycles. The summed E-state index contributed by atoms with van der Waals surface area (Å²) >= 11 is 0. The number of hydrogen-bond acceptors (Lipinski definition) is 5. The summed E-state index contributed by atoms with van der Waals surface area (Å²) < 4.78 is 46.2. The topological polar surface area (TPSA) is 77.2 Å². The van der Waals surface area contributed by atoms with Crippen LogP contribution >= 0.6 is 0 Å². The fourth-order valence-corrected chi connectivity index (χ4v) is 2.16. The van der Waals surface area contributed by atoms with Gasteiger partial charge in [0.2, 0.25) is 0 Å². The Balaban J connectivity index is 1.76. The third kappa shape index (κ3) is 4.18. The van der Waals surface area contributed by atoms with Crippen LogP contribution in [-0.4, -0.2) is 22.4 Å². The quantitative estimate of drug-likeness (QED) is 0.752. The standard InChI is InChI=1S/C17H12F3N3O3/c1-10-21-16(26-23-10)12-8-6-11(7-9-12)15(24)22-13-4-2-3-5-14(13)25-17(18,19)20/h2-9H,1H3,(H,22,24). The van der Waals surface area contributed by atoms with Gasteiger partial charge >= 0.3 is 6.36 Å². The van der Waals surface area contributed by atoms with E-state index in [2.05, 4.69) is 20.2 Å². The van der Waals surface area contributed by atoms with E-state index < -0.39 is 18.0 Å². The molecule has 6 nitrogen and oxygen atoms in total. The van der Waals surface area contributed by atoms with Crippen molar-refractivity contribution in [3.05, 3.63) is 59.9 Å². The average molecular weight is 363 g/mol. The SMILES string of the molecule is Cc1noc(-c2ccc(C(=O)Nc3ccccc3OC(F)(F)F)cc2)n1. The second kappa shape index (κ2) is 6.87. The number of nitrogens with zero attached hydrogens (tertiary/aromatic N) is 2. The van der Waals surface area contributed by atoms with E-state index in [1.165, 1.54) is 30.3 Å². The highest BCUT2D eigenvalue weighted by Gasteiger charge is 2.32. The number of amides is 1. The van der Waals surface area contributed by atoms with Crippen molar-refractivity contribution in [3.8, 4) is 17.2 Å². The molecule has 3 aromatic rings. The number of aromatic nitrogens is 2. The summed E-state index contributed by atoms with van der Waals surface area (Å²) in [5.41, 5.74) is 0.765. The Hall–Kier alpha value is -3.36. The lowest BCUT2D eigenvalue weighted by Crippen LogP contribution is -2.19. The van der Waals surface area contributed by atoms with Crippen LogP contribution < -0.4 is 10.1 Å². The number of para-hydroxylation sites is 2. The molecule has 3 rings (SSSR count). The van der Waals surface area contributed by atoms with Gasteiger partial charge in [-0.1, -0.05) is 17.3 Å². The van der Waals surface area contributed by atoms with Crippen LogP contribution in [0.15, 0.2) is 53.1 Å². The highest BCUT2D eigenvalue weighted by atomic mass is 19.4. The Bertz CT molecular complexity index is 921. The molecule has 0 fully saturated rings. The van der Waals surface area contributed by atoms with Crippen LogP contribution in [0.1, 0.15) is 16.2 Å². The van der Waals surface area contributed by atoms with Gasteiger partial charge in [0, 0.05) is 11.1 Å². The van der Waals surface area contributed by atoms with Crippen molar-refractivity contribution in [2.24, 2.45) is 0 Å². The first-order chi connectivity index (χ1) is 12.3. The van der Waals surface area contributed by atoms with Crippen molar-refractivity contribution in [2.45, 2.75) is 13.3 Å². The summed E-state index contributed by atoms with van der Waals surface area (Å²) in [6, 6.07) is 11.5. The molecule has 0 bridgehead atoms. The summed E-state index contributed by atoms with van der Waals surface area (Å²) in [4.78, 5) is 16.4. The number of benzene rings is 2. The molecule has 1 amide bonds. The zero-order chi connectivity index (χ0) is 18.7. The minimum atomic E-state index is -4.86. The maximum Gasteiger partial charge on any atom is 0.573 e. The van der Waals surface area contributed by atoms with Crippen LogP contribution in [0.4, 0.5) is 18.9 Å². The van der Waals surface area contributed by atoms with Gasteiger partial charge in [-0.15, -0.1) is 13.2 Å². The second-order valence-electron chi connectivity index (χ2n) is 5.22. The molecular weight excluding hydrogens is 351 g/mol. The highest BCUT2D eigenvalue weighted by Crippen LogP contribution is 2.30. The third-order valence-corrected chi connectivity index (χ3v) is 3.28. The zero-order valence-electron chi connectivity index (χ0n) is 13.4. The van der Waals surface area contributed by atoms with Crippen LogP contribution in [0, 0.1) is 6.92 Å². The smallest absolute Gasteiger partial charge is 0.404 e. The van der Waals surface area contributed by atoms with Crippen molar-refractivity contribution in [1.82, 2.24) is 10.1 Å². The highest BCUT2D eigenvalue weighted by molar-refractivity contribution is 6.05. The van der Waals surface area contributed by atoms with E-state index in [4.69, 9.17) is 4.52 Å². The lowest BCUT2D eigenvalue weighted by molar-refractivity contribution is -0.274. The summed E-state index contributed by atoms with van der Waals surface area (Å²) in [5, 5.41) is 6.07. The molecule has 0 radical (unpaired) electrons. The molecule has 1 aromatic heterocycles. The average Bonchev–Trinajstić information content (AvgIpc) is 3.02. The third-order valence-electron chi connectivity index (χ3n) is 3.28. The predicted molar refractivity (Wildman–Crippen MR) is 85.5 cm³/mol. The van der Waals surface area contributed by atoms with Gasteiger partial charge in [0.05, 0.1) is 5.69 Å². The molecule has 134 valence electrons. The number of hydrogen-bond donors (Lipinski definition) is 1. The Labute approximate surface area is 145 Å². The first-order valence-electron chi connectivity index (χ1n) is 7.39. The number of rotatable bonds is 4. The van der Waals surface area contributed by atoms with E-state index in [-0.39, 0.29) is 11.3 Å². The van der Waals surface area contributed by atoms with Gasteiger partial charge in [-0.2, -0.15) is 4.98 Å². The number of aryl methyl sites for hydroxylation is 1. The largest absolute Gasteiger partial charge is 0.573 e. The molecule has 0 saturated heterocycles. The van der Waals surface area contributed by atoms with E-state index in [1.807, 2.05) is 0 Å². The number of anilines is 1. The van der Waals surface area contributed by atoms with E-state index in [1.54, 1.807) is 19.1 Å². The number of ether oxygens (including phenoxy) is 1. The maximum absolute atomic E-state index is 12.4. The number of halogens is 3. The minimum Gasteiger partial charge on any atom is -0.404 e. The van der Waals surface area contributed by atoms with E-state index in [9.17, 15) is 18.0 Å². The molecule has 0 aliphatic heterocycles.